The molecule has 2 aliphatic heterocycles. The number of benzene rings is 1. The number of amides is 4. The number of piperazine rings is 1. The van der Waals surface area contributed by atoms with Crippen molar-refractivity contribution in [3.63, 3.8) is 0 Å². The average Bonchev–Trinajstić information content (AvgIpc) is 3.29. The summed E-state index contributed by atoms with van der Waals surface area (Å²) in [5.41, 5.74) is 1.98. The molecule has 2 aliphatic rings. The summed E-state index contributed by atoms with van der Waals surface area (Å²) in [5, 5.41) is 9.43. The smallest absolute Gasteiger partial charge is 0.338 e. The summed E-state index contributed by atoms with van der Waals surface area (Å²) in [7, 11) is 0. The molecule has 1 aromatic carbocycles. The summed E-state index contributed by atoms with van der Waals surface area (Å²) in [6, 6.07) is 6.25. The quantitative estimate of drug-likeness (QED) is 0.531. The molecule has 1 saturated heterocycles. The van der Waals surface area contributed by atoms with Gasteiger partial charge in [0.05, 0.1) is 17.9 Å². The van der Waals surface area contributed by atoms with E-state index in [2.05, 4.69) is 38.2 Å². The number of rotatable bonds is 4. The predicted molar refractivity (Wildman–Crippen MR) is 141 cm³/mol. The largest absolute Gasteiger partial charge is 0.344 e. The van der Waals surface area contributed by atoms with E-state index >= 15 is 0 Å². The fourth-order valence-electron chi connectivity index (χ4n) is 4.52. The number of aromatic nitrogens is 2. The van der Waals surface area contributed by atoms with E-state index in [0.717, 1.165) is 15.0 Å². The fraction of sp³-hybridized carbons (Fsp3) is 0.500. The van der Waals surface area contributed by atoms with Crippen molar-refractivity contribution in [1.82, 2.24) is 29.8 Å². The maximum absolute atomic E-state index is 13.5. The van der Waals surface area contributed by atoms with Gasteiger partial charge in [0, 0.05) is 35.4 Å². The van der Waals surface area contributed by atoms with Crippen LogP contribution in [0.25, 0.3) is 0 Å². The van der Waals surface area contributed by atoms with Crippen LogP contribution >= 0.6 is 22.6 Å². The zero-order chi connectivity index (χ0) is 25.5. The van der Waals surface area contributed by atoms with Crippen LogP contribution in [-0.2, 0) is 11.3 Å². The van der Waals surface area contributed by atoms with Crippen LogP contribution in [0, 0.1) is 22.8 Å². The van der Waals surface area contributed by atoms with Gasteiger partial charge in [-0.3, -0.25) is 9.80 Å². The first kappa shape index (κ1) is 25.4. The molecule has 2 N–H and O–H groups in total. The normalized spacial score (nSPS) is 17.4. The first-order chi connectivity index (χ1) is 16.5. The van der Waals surface area contributed by atoms with Gasteiger partial charge in [-0.1, -0.05) is 20.8 Å². The predicted octanol–water partition coefficient (Wildman–Crippen LogP) is 3.18. The summed E-state index contributed by atoms with van der Waals surface area (Å²) in [5.74, 6) is 0.575. The van der Waals surface area contributed by atoms with E-state index in [1.54, 1.807) is 14.5 Å². The molecule has 1 aromatic heterocycles. The molecule has 0 bridgehead atoms. The number of hydrogen-bond donors (Lipinski definition) is 2. The molecule has 4 amide bonds. The second kappa shape index (κ2) is 9.76. The first-order valence-corrected chi connectivity index (χ1v) is 12.8. The van der Waals surface area contributed by atoms with Crippen molar-refractivity contribution < 1.29 is 14.4 Å². The summed E-state index contributed by atoms with van der Waals surface area (Å²) >= 11 is 2.20. The third kappa shape index (κ3) is 5.30. The number of hydrogen-bond acceptors (Lipinski definition) is 5. The Labute approximate surface area is 219 Å². The molecule has 1 fully saturated rings. The van der Waals surface area contributed by atoms with Gasteiger partial charge < -0.3 is 15.5 Å². The van der Waals surface area contributed by atoms with Gasteiger partial charge >= 0.3 is 12.1 Å². The molecular formula is C24H32IN7O3. The molecule has 11 heteroatoms. The van der Waals surface area contributed by atoms with Gasteiger partial charge in [0.15, 0.2) is 0 Å². The van der Waals surface area contributed by atoms with E-state index in [4.69, 9.17) is 0 Å². The Morgan fingerprint density at radius 3 is 2.26 bits per heavy atom. The summed E-state index contributed by atoms with van der Waals surface area (Å²) < 4.78 is 2.74. The second-order valence-corrected chi connectivity index (χ2v) is 11.3. The topological polar surface area (TPSA) is 103 Å². The lowest BCUT2D eigenvalue weighted by atomic mass is 9.85. The first-order valence-electron chi connectivity index (χ1n) is 11.7. The molecule has 0 spiro atoms. The van der Waals surface area contributed by atoms with Gasteiger partial charge in [0.2, 0.25) is 5.91 Å². The fourth-order valence-corrected chi connectivity index (χ4v) is 4.88. The Morgan fingerprint density at radius 2 is 1.69 bits per heavy atom. The number of fused-ring (bicyclic) bond motifs is 1. The van der Waals surface area contributed by atoms with E-state index in [1.807, 2.05) is 63.9 Å². The van der Waals surface area contributed by atoms with E-state index in [1.165, 1.54) is 0 Å². The highest BCUT2D eigenvalue weighted by molar-refractivity contribution is 14.1. The number of nitrogens with one attached hydrogen (secondary N) is 2. The van der Waals surface area contributed by atoms with Gasteiger partial charge in [-0.2, -0.15) is 0 Å². The van der Waals surface area contributed by atoms with Gasteiger partial charge in [-0.15, -0.1) is 0 Å². The Morgan fingerprint density at radius 1 is 1.06 bits per heavy atom. The van der Waals surface area contributed by atoms with Gasteiger partial charge in [0.1, 0.15) is 11.9 Å². The van der Waals surface area contributed by atoms with Crippen molar-refractivity contribution in [2.45, 2.75) is 47.2 Å². The molecule has 1 atom stereocenters. The number of aryl methyl sites for hydroxylation is 2. The molecule has 0 unspecified atom stereocenters. The van der Waals surface area contributed by atoms with Crippen molar-refractivity contribution >= 4 is 46.2 Å². The maximum atomic E-state index is 13.5. The van der Waals surface area contributed by atoms with Crippen molar-refractivity contribution in [2.24, 2.45) is 5.41 Å². The average molecular weight is 593 g/mol. The van der Waals surface area contributed by atoms with Gasteiger partial charge in [0.25, 0.3) is 0 Å². The number of carbonyl (C=O) groups is 3. The van der Waals surface area contributed by atoms with Crippen LogP contribution in [-0.4, -0.2) is 74.7 Å². The lowest BCUT2D eigenvalue weighted by Crippen LogP contribution is -2.61. The number of anilines is 1. The molecule has 4 rings (SSSR count). The highest BCUT2D eigenvalue weighted by Crippen LogP contribution is 2.26. The molecule has 10 nitrogen and oxygen atoms in total. The second-order valence-electron chi connectivity index (χ2n) is 10.1. The van der Waals surface area contributed by atoms with Crippen LogP contribution in [0.5, 0.6) is 0 Å². The third-order valence-electron chi connectivity index (χ3n) is 6.45. The summed E-state index contributed by atoms with van der Waals surface area (Å²) in [4.78, 5) is 45.3. The molecule has 2 aromatic rings. The van der Waals surface area contributed by atoms with E-state index in [0.29, 0.717) is 44.2 Å². The number of hydrazine groups is 1. The zero-order valence-corrected chi connectivity index (χ0v) is 22.9. The summed E-state index contributed by atoms with van der Waals surface area (Å²) in [6.07, 6.45) is 0. The molecule has 3 heterocycles. The van der Waals surface area contributed by atoms with Crippen LogP contribution in [0.3, 0.4) is 0 Å². The number of urea groups is 1. The molecule has 188 valence electrons. The highest BCUT2D eigenvalue weighted by Gasteiger charge is 2.39. The van der Waals surface area contributed by atoms with Crippen LogP contribution < -0.4 is 10.6 Å². The number of halogens is 1. The minimum Gasteiger partial charge on any atom is -0.338 e. The van der Waals surface area contributed by atoms with Crippen LogP contribution in [0.2, 0.25) is 0 Å². The number of nitrogens with zero attached hydrogens (tertiary/aromatic N) is 5. The molecular weight excluding hydrogens is 561 g/mol. The van der Waals surface area contributed by atoms with Crippen molar-refractivity contribution in [2.75, 3.05) is 31.5 Å². The zero-order valence-electron chi connectivity index (χ0n) is 20.8. The highest BCUT2D eigenvalue weighted by atomic mass is 127. The number of carbonyl (C=O) groups excluding carboxylic acids is 3. The van der Waals surface area contributed by atoms with E-state index < -0.39 is 17.5 Å². The Hall–Kier alpha value is -2.67. The van der Waals surface area contributed by atoms with Gasteiger partial charge in [-0.05, 0) is 66.1 Å². The van der Waals surface area contributed by atoms with Gasteiger partial charge in [-0.25, -0.2) is 24.1 Å². The van der Waals surface area contributed by atoms with Crippen LogP contribution in [0.1, 0.15) is 38.0 Å². The molecule has 35 heavy (non-hydrogen) atoms. The van der Waals surface area contributed by atoms with Crippen LogP contribution in [0.4, 0.5) is 15.3 Å². The van der Waals surface area contributed by atoms with E-state index in [9.17, 15) is 14.4 Å². The maximum Gasteiger partial charge on any atom is 0.344 e. The third-order valence-corrected chi connectivity index (χ3v) is 7.17. The monoisotopic (exact) mass is 593 g/mol. The molecule has 0 radical (unpaired) electrons. The van der Waals surface area contributed by atoms with E-state index in [-0.39, 0.29) is 11.9 Å². The lowest BCUT2D eigenvalue weighted by Gasteiger charge is -2.41. The minimum atomic E-state index is -0.691. The minimum absolute atomic E-state index is 0.0978. The van der Waals surface area contributed by atoms with Crippen molar-refractivity contribution in [1.29, 1.82) is 0 Å². The Balaban J connectivity index is 1.37. The van der Waals surface area contributed by atoms with Crippen molar-refractivity contribution in [3.8, 4) is 0 Å². The molecule has 0 aliphatic carbocycles. The Kier molecular flexibility index (Phi) is 7.09. The van der Waals surface area contributed by atoms with Crippen LogP contribution in [0.15, 0.2) is 24.3 Å². The van der Waals surface area contributed by atoms with Crippen molar-refractivity contribution in [3.05, 3.63) is 45.0 Å². The lowest BCUT2D eigenvalue weighted by molar-refractivity contribution is -0.139. The summed E-state index contributed by atoms with van der Waals surface area (Å²) in [6.45, 7) is 12.1. The Bertz CT molecular complexity index is 1130. The standard InChI is InChI=1S/C24H32IN7O3/c1-15-19-14-31(23(35)32(19)16(2)26-15)30-12-10-29(11-13-30)21(33)20(24(3,4)5)28-22(34)27-18-8-6-17(25)7-9-18/h6-9,20H,10-14H2,1-5H3,(H2,27,28,34)/t20-/m0/s1. The molecule has 0 saturated carbocycles. The SMILES string of the molecule is Cc1nc(C)n2c1CN(N1CCN(C(=O)[C@H](NC(=O)Nc3ccc(I)cc3)C(C)(C)C)CC1)C2=O. The number of imidazole rings is 1.